The van der Waals surface area contributed by atoms with E-state index in [4.69, 9.17) is 18.9 Å². The number of esters is 4. The van der Waals surface area contributed by atoms with Crippen molar-refractivity contribution in [1.29, 1.82) is 0 Å². The first-order valence-electron chi connectivity index (χ1n) is 14.6. The molecule has 0 aliphatic carbocycles. The molecule has 0 unspecified atom stereocenters. The van der Waals surface area contributed by atoms with Crippen molar-refractivity contribution in [1.82, 2.24) is 0 Å². The van der Waals surface area contributed by atoms with E-state index in [0.29, 0.717) is 0 Å². The van der Waals surface area contributed by atoms with E-state index in [2.05, 4.69) is 62.2 Å². The molecule has 1 aromatic rings. The van der Waals surface area contributed by atoms with Gasteiger partial charge in [0.2, 0.25) is 0 Å². The highest BCUT2D eigenvalue weighted by molar-refractivity contribution is 8.30. The molecule has 254 valence electrons. The molecule has 48 heavy (non-hydrogen) atoms. The molecule has 0 N–H and O–H groups in total. The summed E-state index contributed by atoms with van der Waals surface area (Å²) in [6, 6.07) is 4.00. The van der Waals surface area contributed by atoms with Crippen LogP contribution in [0, 0.1) is 22.9 Å². The predicted octanol–water partition coefficient (Wildman–Crippen LogP) is 7.60. The molecule has 0 fully saturated rings. The molecule has 0 atom stereocenters. The third kappa shape index (κ3) is 9.58. The quantitative estimate of drug-likeness (QED) is 0.124. The Morgan fingerprint density at radius 2 is 0.771 bits per heavy atom. The van der Waals surface area contributed by atoms with Gasteiger partial charge in [0.25, 0.3) is 0 Å². The molecule has 0 aromatic heterocycles. The maximum absolute atomic E-state index is 12.6. The van der Waals surface area contributed by atoms with Crippen LogP contribution in [-0.2, 0) is 38.1 Å². The fourth-order valence-corrected chi connectivity index (χ4v) is 9.99. The summed E-state index contributed by atoms with van der Waals surface area (Å²) in [5.74, 6) is 4.39. The fraction of sp³-hybridized carbons (Fsp3) is 0.353. The second-order valence-corrected chi connectivity index (χ2v) is 26.6. The zero-order valence-corrected chi connectivity index (χ0v) is 34.3. The topological polar surface area (TPSA) is 105 Å². The first-order chi connectivity index (χ1) is 22.3. The lowest BCUT2D eigenvalue weighted by molar-refractivity contribution is -0.138. The van der Waals surface area contributed by atoms with Crippen molar-refractivity contribution in [2.45, 2.75) is 53.1 Å². The van der Waals surface area contributed by atoms with Gasteiger partial charge in [0, 0.05) is 11.1 Å². The van der Waals surface area contributed by atoms with Gasteiger partial charge in [-0.1, -0.05) is 98.2 Å². The summed E-state index contributed by atoms with van der Waals surface area (Å²) in [6.45, 7) is 16.8. The second kappa shape index (κ2) is 16.1. The molecule has 0 saturated carbocycles. The summed E-state index contributed by atoms with van der Waals surface area (Å²) < 4.78 is 21.3. The molecule has 3 rings (SSSR count). The Balaban J connectivity index is 2.36. The number of allylic oxidation sites excluding steroid dienone is 2. The monoisotopic (exact) mass is 758 g/mol. The van der Waals surface area contributed by atoms with Crippen molar-refractivity contribution in [2.75, 3.05) is 28.4 Å². The molecule has 0 amide bonds. The van der Waals surface area contributed by atoms with Crippen LogP contribution in [0.2, 0.25) is 39.3 Å². The number of hydrogen-bond acceptors (Lipinski definition) is 12. The Bertz CT molecular complexity index is 1640. The van der Waals surface area contributed by atoms with Crippen LogP contribution < -0.4 is 0 Å². The van der Waals surface area contributed by atoms with Crippen molar-refractivity contribution >= 4 is 98.2 Å². The van der Waals surface area contributed by atoms with Gasteiger partial charge in [-0.05, 0) is 48.3 Å². The zero-order chi connectivity index (χ0) is 36.1. The fourth-order valence-electron chi connectivity index (χ4n) is 3.97. The normalized spacial score (nSPS) is 14.5. The van der Waals surface area contributed by atoms with E-state index in [1.165, 1.54) is 28.4 Å². The first kappa shape index (κ1) is 39.5. The molecule has 0 bridgehead atoms. The van der Waals surface area contributed by atoms with E-state index in [9.17, 15) is 19.2 Å². The Morgan fingerprint density at radius 3 is 0.979 bits per heavy atom. The highest BCUT2D eigenvalue weighted by Crippen LogP contribution is 2.54. The van der Waals surface area contributed by atoms with Gasteiger partial charge in [-0.2, -0.15) is 0 Å². The minimum Gasteiger partial charge on any atom is -0.465 e. The third-order valence-corrected chi connectivity index (χ3v) is 13.7. The SMILES string of the molecule is COC(=O)C1=C(C(=O)OC)SC(=C(C)c2cc(C#C[Si](C)(C)C)c(C(C)=C3SC(C(=O)OC)=C(C(=O)OC)S3)cc2C#C[Si](C)(C)C)S1. The lowest BCUT2D eigenvalue weighted by Crippen LogP contribution is -2.16. The van der Waals surface area contributed by atoms with Gasteiger partial charge in [0.15, 0.2) is 0 Å². The van der Waals surface area contributed by atoms with Gasteiger partial charge >= 0.3 is 23.9 Å². The summed E-state index contributed by atoms with van der Waals surface area (Å²) in [4.78, 5) is 51.2. The molecular weight excluding hydrogens is 721 g/mol. The summed E-state index contributed by atoms with van der Waals surface area (Å²) in [6.07, 6.45) is 0. The lowest BCUT2D eigenvalue weighted by atomic mass is 9.92. The molecular formula is C34H38O8S4Si2. The maximum atomic E-state index is 12.6. The van der Waals surface area contributed by atoms with Gasteiger partial charge in [0.1, 0.15) is 35.8 Å². The highest BCUT2D eigenvalue weighted by Gasteiger charge is 2.35. The summed E-state index contributed by atoms with van der Waals surface area (Å²) >= 11 is 4.66. The average Bonchev–Trinajstić information content (AvgIpc) is 3.69. The van der Waals surface area contributed by atoms with Crippen molar-refractivity contribution in [3.63, 3.8) is 0 Å². The summed E-state index contributed by atoms with van der Waals surface area (Å²) in [7, 11) is 1.41. The van der Waals surface area contributed by atoms with E-state index in [1.54, 1.807) is 0 Å². The number of rotatable bonds is 6. The Morgan fingerprint density at radius 1 is 0.521 bits per heavy atom. The predicted molar refractivity (Wildman–Crippen MR) is 205 cm³/mol. The average molecular weight is 759 g/mol. The number of carbonyl (C=O) groups excluding carboxylic acids is 4. The zero-order valence-electron chi connectivity index (χ0n) is 29.1. The van der Waals surface area contributed by atoms with E-state index in [0.717, 1.165) is 88.9 Å². The molecule has 2 aliphatic heterocycles. The Kier molecular flexibility index (Phi) is 13.3. The van der Waals surface area contributed by atoms with Gasteiger partial charge < -0.3 is 18.9 Å². The minimum atomic E-state index is -1.84. The van der Waals surface area contributed by atoms with Crippen LogP contribution in [-0.4, -0.2) is 68.5 Å². The lowest BCUT2D eigenvalue weighted by Gasteiger charge is -2.16. The Labute approximate surface area is 301 Å². The second-order valence-electron chi connectivity index (χ2n) is 12.5. The number of hydrogen-bond donors (Lipinski definition) is 0. The van der Waals surface area contributed by atoms with Crippen molar-refractivity contribution in [2.24, 2.45) is 0 Å². The molecule has 0 saturated heterocycles. The number of thioether (sulfide) groups is 4. The highest BCUT2D eigenvalue weighted by atomic mass is 32.2. The van der Waals surface area contributed by atoms with Crippen LogP contribution in [0.3, 0.4) is 0 Å². The van der Waals surface area contributed by atoms with Gasteiger partial charge in [-0.25, -0.2) is 19.2 Å². The molecule has 2 aliphatic rings. The van der Waals surface area contributed by atoms with E-state index in [-0.39, 0.29) is 19.6 Å². The molecule has 0 radical (unpaired) electrons. The number of ether oxygens (including phenoxy) is 4. The molecule has 14 heteroatoms. The molecule has 1 aromatic carbocycles. The van der Waals surface area contributed by atoms with Gasteiger partial charge in [-0.15, -0.1) is 11.1 Å². The van der Waals surface area contributed by atoms with Crippen molar-refractivity contribution in [3.8, 4) is 22.9 Å². The van der Waals surface area contributed by atoms with Crippen LogP contribution in [0.15, 0.2) is 40.2 Å². The van der Waals surface area contributed by atoms with Crippen LogP contribution in [0.1, 0.15) is 36.1 Å². The van der Waals surface area contributed by atoms with Crippen LogP contribution in [0.5, 0.6) is 0 Å². The molecule has 0 spiro atoms. The van der Waals surface area contributed by atoms with Crippen LogP contribution >= 0.6 is 47.0 Å². The van der Waals surface area contributed by atoms with Crippen molar-refractivity contribution < 1.29 is 38.1 Å². The maximum Gasteiger partial charge on any atom is 0.346 e. The minimum absolute atomic E-state index is 0.167. The first-order valence-corrected chi connectivity index (χ1v) is 24.8. The van der Waals surface area contributed by atoms with E-state index >= 15 is 0 Å². The number of carbonyl (C=O) groups is 4. The molecule has 8 nitrogen and oxygen atoms in total. The smallest absolute Gasteiger partial charge is 0.346 e. The standard InChI is InChI=1S/C34H38O8S4Si2/c1-19(33-43-25(29(35)39-3)26(44-33)30(36)40-4)23-17-22(14-16-48(10,11)12)24(18-21(23)13-15-47(7,8)9)20(2)34-45-27(31(37)41-5)28(46-34)32(38)42-6/h17-18H,1-12H3. The number of methoxy groups -OCH3 is 4. The third-order valence-electron chi connectivity index (χ3n) is 6.40. The summed E-state index contributed by atoms with van der Waals surface area (Å²) in [5.41, 5.74) is 11.7. The van der Waals surface area contributed by atoms with Crippen molar-refractivity contribution in [3.05, 3.63) is 62.5 Å². The van der Waals surface area contributed by atoms with Gasteiger partial charge in [-0.3, -0.25) is 0 Å². The van der Waals surface area contributed by atoms with Crippen LogP contribution in [0.4, 0.5) is 0 Å². The summed E-state index contributed by atoms with van der Waals surface area (Å²) in [5, 5.41) is 0. The van der Waals surface area contributed by atoms with E-state index in [1.807, 2.05) is 26.0 Å². The molecule has 2 heterocycles. The Hall–Kier alpha value is -2.99. The van der Waals surface area contributed by atoms with E-state index < -0.39 is 40.0 Å². The van der Waals surface area contributed by atoms with Gasteiger partial charge in [0.05, 0.1) is 36.9 Å². The number of benzene rings is 1. The largest absolute Gasteiger partial charge is 0.465 e. The van der Waals surface area contributed by atoms with Crippen LogP contribution in [0.25, 0.3) is 11.1 Å².